The molecule has 0 radical (unpaired) electrons. The van der Waals surface area contributed by atoms with Gasteiger partial charge in [0, 0.05) is 6.07 Å². The van der Waals surface area contributed by atoms with Gasteiger partial charge in [-0.05, 0) is 29.8 Å². The van der Waals surface area contributed by atoms with Gasteiger partial charge < -0.3 is 15.2 Å². The van der Waals surface area contributed by atoms with Crippen LogP contribution in [-0.2, 0) is 6.61 Å². The summed E-state index contributed by atoms with van der Waals surface area (Å²) in [6.07, 6.45) is 0. The van der Waals surface area contributed by atoms with E-state index in [-0.39, 0.29) is 17.5 Å². The van der Waals surface area contributed by atoms with Crippen molar-refractivity contribution < 1.29 is 13.9 Å². The topological polar surface area (TPSA) is 68.3 Å². The number of nitrogens with one attached hydrogen (secondary N) is 1. The molecule has 0 spiro atoms. The predicted molar refractivity (Wildman–Crippen MR) is 79.8 cm³/mol. The second kappa shape index (κ2) is 6.45. The number of rotatable bonds is 5. The van der Waals surface area contributed by atoms with Crippen LogP contribution in [0.1, 0.15) is 11.1 Å². The lowest BCUT2D eigenvalue weighted by Gasteiger charge is -2.11. The molecule has 0 atom stereocenters. The van der Waals surface area contributed by atoms with E-state index in [0.717, 1.165) is 5.56 Å². The van der Waals surface area contributed by atoms with Gasteiger partial charge >= 0.3 is 0 Å². The predicted octanol–water partition coefficient (Wildman–Crippen LogP) is 3.35. The van der Waals surface area contributed by atoms with Gasteiger partial charge in [0.05, 0.1) is 17.7 Å². The minimum atomic E-state index is -0.493. The maximum Gasteiger partial charge on any atom is 0.142 e. The Bertz CT molecular complexity index is 677. The number of ether oxygens (including phenoxy) is 2. The average molecular weight is 309 g/mol. The lowest BCUT2D eigenvalue weighted by atomic mass is 10.1. The first-order chi connectivity index (χ1) is 10.0. The molecule has 0 aliphatic heterocycles. The molecule has 4 nitrogen and oxygen atoms in total. The zero-order valence-electron chi connectivity index (χ0n) is 11.3. The second-order valence-electron chi connectivity index (χ2n) is 4.31. The van der Waals surface area contributed by atoms with Crippen LogP contribution >= 0.6 is 11.6 Å². The van der Waals surface area contributed by atoms with Crippen LogP contribution in [0, 0.1) is 11.2 Å². The van der Waals surface area contributed by atoms with Crippen molar-refractivity contribution in [1.82, 2.24) is 0 Å². The first-order valence-electron chi connectivity index (χ1n) is 6.10. The van der Waals surface area contributed by atoms with Crippen LogP contribution in [0.2, 0.25) is 5.02 Å². The number of nitrogen functional groups attached to an aromatic ring is 1. The molecule has 0 aliphatic rings. The fourth-order valence-corrected chi connectivity index (χ4v) is 1.96. The van der Waals surface area contributed by atoms with Crippen LogP contribution in [-0.4, -0.2) is 12.9 Å². The number of methoxy groups -OCH3 is 1. The standard InChI is InChI=1S/C15H14ClFN2O2/c1-20-14-5-2-9(6-11(14)15(18)19)8-21-10-3-4-13(17)12(16)7-10/h2-7H,8H2,1H3,(H3,18,19). The van der Waals surface area contributed by atoms with E-state index in [9.17, 15) is 4.39 Å². The molecule has 21 heavy (non-hydrogen) atoms. The van der Waals surface area contributed by atoms with Gasteiger partial charge in [0.25, 0.3) is 0 Å². The van der Waals surface area contributed by atoms with Crippen molar-refractivity contribution >= 4 is 17.4 Å². The van der Waals surface area contributed by atoms with Crippen LogP contribution in [0.15, 0.2) is 36.4 Å². The lowest BCUT2D eigenvalue weighted by molar-refractivity contribution is 0.305. The number of halogens is 2. The van der Waals surface area contributed by atoms with Crippen molar-refractivity contribution in [1.29, 1.82) is 5.41 Å². The average Bonchev–Trinajstić information content (AvgIpc) is 2.48. The van der Waals surface area contributed by atoms with Crippen molar-refractivity contribution in [2.24, 2.45) is 5.73 Å². The van der Waals surface area contributed by atoms with Gasteiger partial charge in [-0.1, -0.05) is 17.7 Å². The lowest BCUT2D eigenvalue weighted by Crippen LogP contribution is -2.13. The van der Waals surface area contributed by atoms with Gasteiger partial charge in [0.15, 0.2) is 0 Å². The molecule has 0 unspecified atom stereocenters. The summed E-state index contributed by atoms with van der Waals surface area (Å²) < 4.78 is 23.7. The van der Waals surface area contributed by atoms with Crippen molar-refractivity contribution in [2.75, 3.05) is 7.11 Å². The summed E-state index contributed by atoms with van der Waals surface area (Å²) >= 11 is 5.69. The molecule has 0 aromatic heterocycles. The zero-order chi connectivity index (χ0) is 15.4. The number of amidine groups is 1. The molecular formula is C15H14ClFN2O2. The van der Waals surface area contributed by atoms with Crippen LogP contribution in [0.5, 0.6) is 11.5 Å². The number of hydrogen-bond acceptors (Lipinski definition) is 3. The van der Waals surface area contributed by atoms with Crippen molar-refractivity contribution in [2.45, 2.75) is 6.61 Å². The third-order valence-electron chi connectivity index (χ3n) is 2.85. The minimum absolute atomic E-state index is 0.00616. The van der Waals surface area contributed by atoms with Gasteiger partial charge in [0.2, 0.25) is 0 Å². The summed E-state index contributed by atoms with van der Waals surface area (Å²) in [5, 5.41) is 7.53. The fraction of sp³-hybridized carbons (Fsp3) is 0.133. The van der Waals surface area contributed by atoms with E-state index in [1.165, 1.54) is 25.3 Å². The monoisotopic (exact) mass is 308 g/mol. The Labute approximate surface area is 126 Å². The van der Waals surface area contributed by atoms with Crippen LogP contribution in [0.25, 0.3) is 0 Å². The highest BCUT2D eigenvalue weighted by atomic mass is 35.5. The molecule has 2 rings (SSSR count). The molecule has 2 aromatic rings. The van der Waals surface area contributed by atoms with Gasteiger partial charge in [0.1, 0.15) is 29.8 Å². The molecule has 0 amide bonds. The number of hydrogen-bond donors (Lipinski definition) is 2. The summed E-state index contributed by atoms with van der Waals surface area (Å²) in [5.74, 6) is 0.406. The molecule has 6 heteroatoms. The smallest absolute Gasteiger partial charge is 0.142 e. The minimum Gasteiger partial charge on any atom is -0.496 e. The van der Waals surface area contributed by atoms with Crippen LogP contribution in [0.4, 0.5) is 4.39 Å². The van der Waals surface area contributed by atoms with Crippen molar-refractivity contribution in [3.63, 3.8) is 0 Å². The molecule has 0 bridgehead atoms. The van der Waals surface area contributed by atoms with E-state index in [0.29, 0.717) is 17.1 Å². The molecule has 2 aromatic carbocycles. The summed E-state index contributed by atoms with van der Waals surface area (Å²) in [5.41, 5.74) is 6.81. The number of nitrogens with two attached hydrogens (primary N) is 1. The normalized spacial score (nSPS) is 10.2. The van der Waals surface area contributed by atoms with Crippen molar-refractivity contribution in [3.05, 3.63) is 58.4 Å². The molecule has 3 N–H and O–H groups in total. The molecule has 110 valence electrons. The van der Waals surface area contributed by atoms with E-state index in [1.807, 2.05) is 0 Å². The Morgan fingerprint density at radius 1 is 1.29 bits per heavy atom. The second-order valence-corrected chi connectivity index (χ2v) is 4.72. The van der Waals surface area contributed by atoms with Gasteiger partial charge in [-0.3, -0.25) is 5.41 Å². The first-order valence-corrected chi connectivity index (χ1v) is 6.48. The number of benzene rings is 2. The molecule has 0 heterocycles. The van der Waals surface area contributed by atoms with Gasteiger partial charge in [-0.15, -0.1) is 0 Å². The Morgan fingerprint density at radius 2 is 2.05 bits per heavy atom. The molecule has 0 saturated carbocycles. The molecule has 0 saturated heterocycles. The Hall–Kier alpha value is -2.27. The largest absolute Gasteiger partial charge is 0.496 e. The summed E-state index contributed by atoms with van der Waals surface area (Å²) in [7, 11) is 1.51. The van der Waals surface area contributed by atoms with E-state index < -0.39 is 5.82 Å². The molecule has 0 fully saturated rings. The molecular weight excluding hydrogens is 295 g/mol. The first kappa shape index (κ1) is 15.1. The Kier molecular flexibility index (Phi) is 4.65. The fourth-order valence-electron chi connectivity index (χ4n) is 1.79. The van der Waals surface area contributed by atoms with Crippen LogP contribution in [0.3, 0.4) is 0 Å². The van der Waals surface area contributed by atoms with E-state index >= 15 is 0 Å². The third kappa shape index (κ3) is 3.64. The third-order valence-corrected chi connectivity index (χ3v) is 3.14. The quantitative estimate of drug-likeness (QED) is 0.657. The van der Waals surface area contributed by atoms with Gasteiger partial charge in [-0.2, -0.15) is 0 Å². The summed E-state index contributed by atoms with van der Waals surface area (Å²) in [4.78, 5) is 0. The van der Waals surface area contributed by atoms with E-state index in [1.54, 1.807) is 18.2 Å². The Balaban J connectivity index is 2.14. The van der Waals surface area contributed by atoms with E-state index in [4.69, 9.17) is 32.2 Å². The van der Waals surface area contributed by atoms with Gasteiger partial charge in [-0.25, -0.2) is 4.39 Å². The van der Waals surface area contributed by atoms with E-state index in [2.05, 4.69) is 0 Å². The van der Waals surface area contributed by atoms with Crippen LogP contribution < -0.4 is 15.2 Å². The highest BCUT2D eigenvalue weighted by molar-refractivity contribution is 6.30. The maximum atomic E-state index is 13.0. The highest BCUT2D eigenvalue weighted by Gasteiger charge is 2.08. The van der Waals surface area contributed by atoms with Crippen molar-refractivity contribution in [3.8, 4) is 11.5 Å². The maximum absolute atomic E-state index is 13.0. The summed E-state index contributed by atoms with van der Waals surface area (Å²) in [6, 6.07) is 9.38. The highest BCUT2D eigenvalue weighted by Crippen LogP contribution is 2.23. The zero-order valence-corrected chi connectivity index (χ0v) is 12.1. The SMILES string of the molecule is COc1ccc(COc2ccc(F)c(Cl)c2)cc1C(=N)N. The molecule has 0 aliphatic carbocycles. The summed E-state index contributed by atoms with van der Waals surface area (Å²) in [6.45, 7) is 0.242. The Morgan fingerprint density at radius 3 is 2.67 bits per heavy atom.